The second kappa shape index (κ2) is 9.26. The first kappa shape index (κ1) is 21.0. The second-order valence-corrected chi connectivity index (χ2v) is 7.74. The number of halogens is 1. The molecule has 2 fully saturated rings. The molecule has 2 aromatic rings. The van der Waals surface area contributed by atoms with E-state index in [1.54, 1.807) is 36.4 Å². The zero-order valence-corrected chi connectivity index (χ0v) is 17.0. The molecule has 7 nitrogen and oxygen atoms in total. The third kappa shape index (κ3) is 4.74. The van der Waals surface area contributed by atoms with Gasteiger partial charge in [-0.2, -0.15) is 0 Å². The monoisotopic (exact) mass is 425 g/mol. The standard InChI is InChI=1S/C23H24FN3O4/c24-18-8-2-4-10-20(18)27-14-15(12-21(27)28)22(29)26-19-9-3-1-7-17(19)23(30)25-13-16-6-5-11-31-16/h1-4,7-10,15-16H,5-6,11-14H2,(H,25,30)(H,26,29)/t15-,16+/m0/s1. The molecule has 31 heavy (non-hydrogen) atoms. The van der Waals surface area contributed by atoms with E-state index in [1.807, 2.05) is 0 Å². The van der Waals surface area contributed by atoms with Gasteiger partial charge < -0.3 is 20.3 Å². The van der Waals surface area contributed by atoms with Crippen LogP contribution in [-0.4, -0.2) is 43.5 Å². The van der Waals surface area contributed by atoms with Crippen molar-refractivity contribution in [1.29, 1.82) is 0 Å². The number of ether oxygens (including phenoxy) is 1. The molecule has 8 heteroatoms. The Bertz CT molecular complexity index is 990. The lowest BCUT2D eigenvalue weighted by Gasteiger charge is -2.18. The van der Waals surface area contributed by atoms with Gasteiger partial charge in [-0.3, -0.25) is 14.4 Å². The van der Waals surface area contributed by atoms with E-state index in [2.05, 4.69) is 10.6 Å². The molecule has 2 saturated heterocycles. The van der Waals surface area contributed by atoms with E-state index >= 15 is 0 Å². The molecule has 162 valence electrons. The number of nitrogens with zero attached hydrogens (tertiary/aromatic N) is 1. The predicted octanol–water partition coefficient (Wildman–Crippen LogP) is 2.73. The summed E-state index contributed by atoms with van der Waals surface area (Å²) >= 11 is 0. The summed E-state index contributed by atoms with van der Waals surface area (Å²) in [4.78, 5) is 39.1. The third-order valence-corrected chi connectivity index (χ3v) is 5.58. The number of anilines is 2. The number of rotatable bonds is 6. The van der Waals surface area contributed by atoms with Crippen LogP contribution in [0.3, 0.4) is 0 Å². The summed E-state index contributed by atoms with van der Waals surface area (Å²) in [5.74, 6) is -2.15. The van der Waals surface area contributed by atoms with Gasteiger partial charge in [0.15, 0.2) is 0 Å². The highest BCUT2D eigenvalue weighted by Crippen LogP contribution is 2.28. The summed E-state index contributed by atoms with van der Waals surface area (Å²) in [6.45, 7) is 1.20. The molecule has 0 saturated carbocycles. The van der Waals surface area contributed by atoms with Gasteiger partial charge in [0.1, 0.15) is 5.82 Å². The molecule has 3 amide bonds. The average molecular weight is 425 g/mol. The number of amides is 3. The molecule has 0 aromatic heterocycles. The zero-order chi connectivity index (χ0) is 21.8. The fourth-order valence-electron chi connectivity index (χ4n) is 3.92. The van der Waals surface area contributed by atoms with Crippen molar-refractivity contribution in [2.45, 2.75) is 25.4 Å². The number of hydrogen-bond donors (Lipinski definition) is 2. The summed E-state index contributed by atoms with van der Waals surface area (Å²) in [5, 5.41) is 5.61. The Morgan fingerprint density at radius 3 is 2.68 bits per heavy atom. The molecule has 0 radical (unpaired) electrons. The lowest BCUT2D eigenvalue weighted by atomic mass is 10.1. The first-order valence-electron chi connectivity index (χ1n) is 10.4. The molecule has 0 unspecified atom stereocenters. The molecule has 0 spiro atoms. The first-order chi connectivity index (χ1) is 15.0. The largest absolute Gasteiger partial charge is 0.376 e. The molecule has 0 bridgehead atoms. The van der Waals surface area contributed by atoms with Gasteiger partial charge in [0.2, 0.25) is 11.8 Å². The second-order valence-electron chi connectivity index (χ2n) is 7.74. The van der Waals surface area contributed by atoms with Crippen LogP contribution in [0.15, 0.2) is 48.5 Å². The third-order valence-electron chi connectivity index (χ3n) is 5.58. The Balaban J connectivity index is 1.41. The predicted molar refractivity (Wildman–Crippen MR) is 113 cm³/mol. The van der Waals surface area contributed by atoms with Gasteiger partial charge in [0.05, 0.1) is 29.0 Å². The van der Waals surface area contributed by atoms with Gasteiger partial charge in [-0.15, -0.1) is 0 Å². The summed E-state index contributed by atoms with van der Waals surface area (Å²) in [7, 11) is 0. The van der Waals surface area contributed by atoms with Gasteiger partial charge in [0.25, 0.3) is 5.91 Å². The highest BCUT2D eigenvalue weighted by Gasteiger charge is 2.36. The first-order valence-corrected chi connectivity index (χ1v) is 10.4. The fraction of sp³-hybridized carbons (Fsp3) is 0.348. The normalized spacial score (nSPS) is 20.7. The quantitative estimate of drug-likeness (QED) is 0.745. The van der Waals surface area contributed by atoms with Crippen molar-refractivity contribution in [2.75, 3.05) is 29.9 Å². The SMILES string of the molecule is O=C(NC[C@H]1CCCO1)c1ccccc1NC(=O)[C@H]1CC(=O)N(c2ccccc2F)C1. The van der Waals surface area contributed by atoms with Crippen LogP contribution in [0, 0.1) is 11.7 Å². The summed E-state index contributed by atoms with van der Waals surface area (Å²) in [6.07, 6.45) is 1.89. The number of nitrogens with one attached hydrogen (secondary N) is 2. The van der Waals surface area contributed by atoms with Crippen LogP contribution in [0.2, 0.25) is 0 Å². The molecular formula is C23H24FN3O4. The van der Waals surface area contributed by atoms with Crippen LogP contribution < -0.4 is 15.5 Å². The maximum absolute atomic E-state index is 14.1. The van der Waals surface area contributed by atoms with E-state index in [1.165, 1.54) is 17.0 Å². The van der Waals surface area contributed by atoms with E-state index in [9.17, 15) is 18.8 Å². The van der Waals surface area contributed by atoms with Crippen molar-refractivity contribution in [1.82, 2.24) is 5.32 Å². The molecule has 2 N–H and O–H groups in total. The maximum atomic E-state index is 14.1. The Morgan fingerprint density at radius 2 is 1.90 bits per heavy atom. The molecule has 4 rings (SSSR count). The maximum Gasteiger partial charge on any atom is 0.253 e. The summed E-state index contributed by atoms with van der Waals surface area (Å²) in [6, 6.07) is 12.7. The number of para-hydroxylation sites is 2. The summed E-state index contributed by atoms with van der Waals surface area (Å²) in [5.41, 5.74) is 0.870. The van der Waals surface area contributed by atoms with Gasteiger partial charge in [0, 0.05) is 26.1 Å². The van der Waals surface area contributed by atoms with E-state index in [0.717, 1.165) is 12.8 Å². The van der Waals surface area contributed by atoms with Gasteiger partial charge in [-0.1, -0.05) is 24.3 Å². The van der Waals surface area contributed by atoms with E-state index in [4.69, 9.17) is 4.74 Å². The van der Waals surface area contributed by atoms with Crippen LogP contribution >= 0.6 is 0 Å². The number of hydrogen-bond acceptors (Lipinski definition) is 4. The van der Waals surface area contributed by atoms with Crippen LogP contribution in [0.4, 0.5) is 15.8 Å². The van der Waals surface area contributed by atoms with Crippen LogP contribution in [0.5, 0.6) is 0 Å². The molecule has 0 aliphatic carbocycles. The average Bonchev–Trinajstić information content (AvgIpc) is 3.42. The van der Waals surface area contributed by atoms with Crippen molar-refractivity contribution in [3.8, 4) is 0 Å². The molecule has 2 aromatic carbocycles. The summed E-state index contributed by atoms with van der Waals surface area (Å²) < 4.78 is 19.6. The molecule has 2 aliphatic heterocycles. The van der Waals surface area contributed by atoms with E-state index in [-0.39, 0.29) is 42.5 Å². The van der Waals surface area contributed by atoms with Gasteiger partial charge in [-0.25, -0.2) is 4.39 Å². The smallest absolute Gasteiger partial charge is 0.253 e. The Hall–Kier alpha value is -3.26. The van der Waals surface area contributed by atoms with E-state index < -0.39 is 11.7 Å². The zero-order valence-electron chi connectivity index (χ0n) is 17.0. The van der Waals surface area contributed by atoms with Crippen LogP contribution in [0.25, 0.3) is 0 Å². The molecule has 2 aliphatic rings. The lowest BCUT2D eigenvalue weighted by Crippen LogP contribution is -2.33. The number of carbonyl (C=O) groups is 3. The van der Waals surface area contributed by atoms with Crippen molar-refractivity contribution in [2.24, 2.45) is 5.92 Å². The lowest BCUT2D eigenvalue weighted by molar-refractivity contribution is -0.122. The fourth-order valence-corrected chi connectivity index (χ4v) is 3.92. The number of benzene rings is 2. The molecular weight excluding hydrogens is 401 g/mol. The van der Waals surface area contributed by atoms with Gasteiger partial charge >= 0.3 is 0 Å². The van der Waals surface area contributed by atoms with Crippen LogP contribution in [0.1, 0.15) is 29.6 Å². The van der Waals surface area contributed by atoms with Gasteiger partial charge in [-0.05, 0) is 37.1 Å². The van der Waals surface area contributed by atoms with Crippen molar-refractivity contribution >= 4 is 29.1 Å². The molecule has 2 atom stereocenters. The van der Waals surface area contributed by atoms with Crippen molar-refractivity contribution in [3.63, 3.8) is 0 Å². The Morgan fingerprint density at radius 1 is 1.13 bits per heavy atom. The Kier molecular flexibility index (Phi) is 6.27. The minimum atomic E-state index is -0.643. The van der Waals surface area contributed by atoms with Crippen molar-refractivity contribution in [3.05, 3.63) is 59.9 Å². The topological polar surface area (TPSA) is 87.7 Å². The highest BCUT2D eigenvalue weighted by molar-refractivity contribution is 6.07. The number of carbonyl (C=O) groups excluding carboxylic acids is 3. The highest BCUT2D eigenvalue weighted by atomic mass is 19.1. The Labute approximate surface area is 179 Å². The van der Waals surface area contributed by atoms with Crippen LogP contribution in [-0.2, 0) is 14.3 Å². The minimum Gasteiger partial charge on any atom is -0.376 e. The minimum absolute atomic E-state index is 0.0135. The van der Waals surface area contributed by atoms with E-state index in [0.29, 0.717) is 24.4 Å². The van der Waals surface area contributed by atoms with Crippen molar-refractivity contribution < 1.29 is 23.5 Å². The molecule has 2 heterocycles.